The van der Waals surface area contributed by atoms with E-state index in [1.807, 2.05) is 0 Å². The van der Waals surface area contributed by atoms with Gasteiger partial charge in [0.25, 0.3) is 11.5 Å². The minimum absolute atomic E-state index is 0.0212. The third-order valence-electron chi connectivity index (χ3n) is 3.59. The first-order valence-corrected chi connectivity index (χ1v) is 6.82. The zero-order valence-electron chi connectivity index (χ0n) is 12.5. The molecule has 5 N–H and O–H groups in total. The Morgan fingerprint density at radius 2 is 2.09 bits per heavy atom. The average Bonchev–Trinajstić information content (AvgIpc) is 2.85. The van der Waals surface area contributed by atoms with Gasteiger partial charge < -0.3 is 16.0 Å². The summed E-state index contributed by atoms with van der Waals surface area (Å²) in [6.45, 7) is 3.20. The number of carbonyl (C=O) groups excluding carboxylic acids is 1. The number of rotatable bonds is 2. The fraction of sp³-hybridized carbons (Fsp3) is 0.133. The third-order valence-corrected chi connectivity index (χ3v) is 3.59. The van der Waals surface area contributed by atoms with Crippen LogP contribution in [0.1, 0.15) is 21.6 Å². The molecule has 8 heteroatoms. The summed E-state index contributed by atoms with van der Waals surface area (Å²) in [5.74, 6) is -0.793. The Labute approximate surface area is 129 Å². The molecule has 0 bridgehead atoms. The van der Waals surface area contributed by atoms with E-state index in [0.717, 1.165) is 0 Å². The Balaban J connectivity index is 2.07. The Hall–Kier alpha value is -3.16. The molecular formula is C15H14FN5O2. The van der Waals surface area contributed by atoms with Crippen LogP contribution in [-0.4, -0.2) is 21.1 Å². The second-order valence-corrected chi connectivity index (χ2v) is 5.23. The Morgan fingerprint density at radius 3 is 2.78 bits per heavy atom. The molecule has 0 saturated carbocycles. The van der Waals surface area contributed by atoms with E-state index >= 15 is 0 Å². The van der Waals surface area contributed by atoms with E-state index in [0.29, 0.717) is 16.9 Å². The van der Waals surface area contributed by atoms with Crippen LogP contribution in [0.5, 0.6) is 0 Å². The number of anilines is 2. The first-order chi connectivity index (χ1) is 10.9. The maximum Gasteiger partial charge on any atom is 0.261 e. The minimum Gasteiger partial charge on any atom is -0.382 e. The molecule has 1 amide bonds. The van der Waals surface area contributed by atoms with Crippen LogP contribution in [-0.2, 0) is 0 Å². The quantitative estimate of drug-likeness (QED) is 0.577. The predicted octanol–water partition coefficient (Wildman–Crippen LogP) is 1.84. The van der Waals surface area contributed by atoms with Gasteiger partial charge in [0.2, 0.25) is 0 Å². The van der Waals surface area contributed by atoms with Crippen LogP contribution in [0, 0.1) is 19.7 Å². The van der Waals surface area contributed by atoms with Crippen molar-refractivity contribution in [3.8, 4) is 0 Å². The zero-order valence-corrected chi connectivity index (χ0v) is 12.5. The number of nitrogen functional groups attached to an aromatic ring is 1. The minimum atomic E-state index is -0.460. The van der Waals surface area contributed by atoms with Gasteiger partial charge in [-0.15, -0.1) is 0 Å². The van der Waals surface area contributed by atoms with Gasteiger partial charge >= 0.3 is 0 Å². The molecule has 2 aromatic heterocycles. The average molecular weight is 315 g/mol. The van der Waals surface area contributed by atoms with Crippen LogP contribution in [0.25, 0.3) is 10.9 Å². The fourth-order valence-corrected chi connectivity index (χ4v) is 2.45. The van der Waals surface area contributed by atoms with E-state index in [2.05, 4.69) is 20.5 Å². The number of carbonyl (C=O) groups is 1. The van der Waals surface area contributed by atoms with Gasteiger partial charge in [-0.25, -0.2) is 4.39 Å². The van der Waals surface area contributed by atoms with Gasteiger partial charge in [-0.1, -0.05) is 0 Å². The van der Waals surface area contributed by atoms with Gasteiger partial charge in [0.05, 0.1) is 11.1 Å². The van der Waals surface area contributed by atoms with Crippen molar-refractivity contribution >= 4 is 28.3 Å². The molecule has 3 rings (SSSR count). The lowest BCUT2D eigenvalue weighted by molar-refractivity contribution is 0.102. The molecule has 0 aliphatic heterocycles. The van der Waals surface area contributed by atoms with Crippen LogP contribution in [0.15, 0.2) is 23.0 Å². The molecule has 2 heterocycles. The molecule has 23 heavy (non-hydrogen) atoms. The lowest BCUT2D eigenvalue weighted by Crippen LogP contribution is -2.19. The number of amides is 1. The number of hydrogen-bond donors (Lipinski definition) is 4. The zero-order chi connectivity index (χ0) is 16.7. The van der Waals surface area contributed by atoms with Crippen molar-refractivity contribution in [2.75, 3.05) is 11.1 Å². The highest BCUT2D eigenvalue weighted by atomic mass is 19.1. The van der Waals surface area contributed by atoms with E-state index in [1.165, 1.54) is 18.2 Å². The van der Waals surface area contributed by atoms with Gasteiger partial charge in [-0.3, -0.25) is 14.7 Å². The van der Waals surface area contributed by atoms with Crippen LogP contribution < -0.4 is 16.6 Å². The lowest BCUT2D eigenvalue weighted by atomic mass is 10.1. The number of nitrogens with one attached hydrogen (secondary N) is 3. The van der Waals surface area contributed by atoms with Crippen molar-refractivity contribution in [1.82, 2.24) is 15.2 Å². The van der Waals surface area contributed by atoms with Gasteiger partial charge in [-0.05, 0) is 37.6 Å². The van der Waals surface area contributed by atoms with Gasteiger partial charge in [0.15, 0.2) is 5.82 Å². The summed E-state index contributed by atoms with van der Waals surface area (Å²) < 4.78 is 13.3. The summed E-state index contributed by atoms with van der Waals surface area (Å²) in [6.07, 6.45) is 0. The van der Waals surface area contributed by atoms with Crippen molar-refractivity contribution in [3.63, 3.8) is 0 Å². The first kappa shape index (κ1) is 14.8. The maximum atomic E-state index is 13.3. The summed E-state index contributed by atoms with van der Waals surface area (Å²) in [4.78, 5) is 27.1. The molecule has 0 aliphatic carbocycles. The van der Waals surface area contributed by atoms with Crippen LogP contribution >= 0.6 is 0 Å². The monoisotopic (exact) mass is 315 g/mol. The molecule has 3 aromatic rings. The van der Waals surface area contributed by atoms with Gasteiger partial charge in [0.1, 0.15) is 11.2 Å². The highest BCUT2D eigenvalue weighted by Gasteiger charge is 2.20. The molecule has 118 valence electrons. The number of benzene rings is 1. The summed E-state index contributed by atoms with van der Waals surface area (Å²) in [5, 5.41) is 9.19. The molecule has 0 atom stereocenters. The number of fused-ring (bicyclic) bond motifs is 1. The van der Waals surface area contributed by atoms with Crippen molar-refractivity contribution < 1.29 is 9.18 Å². The number of aromatic amines is 2. The number of H-pyrrole nitrogens is 2. The topological polar surface area (TPSA) is 117 Å². The Kier molecular flexibility index (Phi) is 3.36. The second kappa shape index (κ2) is 5.24. The Bertz CT molecular complexity index is 989. The third kappa shape index (κ3) is 2.44. The largest absolute Gasteiger partial charge is 0.382 e. The Morgan fingerprint density at radius 1 is 1.35 bits per heavy atom. The summed E-state index contributed by atoms with van der Waals surface area (Å²) in [7, 11) is 0. The van der Waals surface area contributed by atoms with E-state index in [-0.39, 0.29) is 28.1 Å². The van der Waals surface area contributed by atoms with E-state index in [4.69, 9.17) is 5.73 Å². The summed E-state index contributed by atoms with van der Waals surface area (Å²) in [6, 6.07) is 4.25. The highest BCUT2D eigenvalue weighted by molar-refractivity contribution is 6.13. The molecule has 0 radical (unpaired) electrons. The van der Waals surface area contributed by atoms with Crippen molar-refractivity contribution in [2.45, 2.75) is 13.8 Å². The first-order valence-electron chi connectivity index (χ1n) is 6.82. The van der Waals surface area contributed by atoms with Gasteiger partial charge in [-0.2, -0.15) is 5.10 Å². The molecule has 0 unspecified atom stereocenters. The number of hydrogen-bond acceptors (Lipinski definition) is 4. The van der Waals surface area contributed by atoms with Crippen molar-refractivity contribution in [2.24, 2.45) is 0 Å². The highest BCUT2D eigenvalue weighted by Crippen LogP contribution is 2.21. The second-order valence-electron chi connectivity index (χ2n) is 5.23. The number of pyridine rings is 1. The molecule has 0 aliphatic rings. The molecular weight excluding hydrogens is 301 g/mol. The smallest absolute Gasteiger partial charge is 0.261 e. The summed E-state index contributed by atoms with van der Waals surface area (Å²) >= 11 is 0. The van der Waals surface area contributed by atoms with E-state index in [9.17, 15) is 14.0 Å². The fourth-order valence-electron chi connectivity index (χ4n) is 2.45. The van der Waals surface area contributed by atoms with Crippen LogP contribution in [0.4, 0.5) is 15.9 Å². The molecule has 1 aromatic carbocycles. The van der Waals surface area contributed by atoms with E-state index < -0.39 is 11.5 Å². The normalized spacial score (nSPS) is 10.9. The standard InChI is InChI=1S/C15H14FN5O2/c1-6-5-8(3-4-9(6)16)19-14(22)10-7(2)18-15(23)11-12(10)20-21-13(11)17/h3-5H,1-2H3,(H,18,23)(H,19,22)(H3,17,20,21). The maximum absolute atomic E-state index is 13.3. The van der Waals surface area contributed by atoms with Crippen molar-refractivity contribution in [1.29, 1.82) is 0 Å². The molecule has 0 spiro atoms. The van der Waals surface area contributed by atoms with Crippen molar-refractivity contribution in [3.05, 3.63) is 51.2 Å². The summed E-state index contributed by atoms with van der Waals surface area (Å²) in [5.41, 5.74) is 6.96. The van der Waals surface area contributed by atoms with Crippen LogP contribution in [0.2, 0.25) is 0 Å². The number of nitrogens with two attached hydrogens (primary N) is 1. The number of aryl methyl sites for hydroxylation is 2. The van der Waals surface area contributed by atoms with Crippen LogP contribution in [0.3, 0.4) is 0 Å². The molecule has 7 nitrogen and oxygen atoms in total. The lowest BCUT2D eigenvalue weighted by Gasteiger charge is -2.09. The SMILES string of the molecule is Cc1cc(NC(=O)c2c(C)[nH]c(=O)c3c(N)n[nH]c23)ccc1F. The number of nitrogens with zero attached hydrogens (tertiary/aromatic N) is 1. The predicted molar refractivity (Wildman–Crippen MR) is 85.0 cm³/mol. The molecule has 0 saturated heterocycles. The van der Waals surface area contributed by atoms with Gasteiger partial charge in [0, 0.05) is 11.4 Å². The van der Waals surface area contributed by atoms with E-state index in [1.54, 1.807) is 13.8 Å². The molecule has 0 fully saturated rings. The number of aromatic nitrogens is 3. The number of halogens is 1.